The van der Waals surface area contributed by atoms with Crippen molar-refractivity contribution in [2.45, 2.75) is 45.1 Å². The van der Waals surface area contributed by atoms with Gasteiger partial charge in [-0.1, -0.05) is 30.1 Å². The Kier molecular flexibility index (Phi) is 6.44. The molecular weight excluding hydrogens is 368 g/mol. The molecule has 1 aromatic heterocycles. The summed E-state index contributed by atoms with van der Waals surface area (Å²) in [6.45, 7) is 4.28. The topological polar surface area (TPSA) is 71.7 Å². The fourth-order valence-electron chi connectivity index (χ4n) is 4.28. The predicted octanol–water partition coefficient (Wildman–Crippen LogP) is 3.36. The van der Waals surface area contributed by atoms with Crippen molar-refractivity contribution in [2.75, 3.05) is 33.3 Å². The summed E-state index contributed by atoms with van der Waals surface area (Å²) in [6, 6.07) is 7.64. The van der Waals surface area contributed by atoms with Crippen molar-refractivity contribution >= 4 is 5.91 Å². The van der Waals surface area contributed by atoms with Gasteiger partial charge in [0.2, 0.25) is 17.6 Å². The quantitative estimate of drug-likeness (QED) is 0.769. The number of nitrogens with zero attached hydrogens (tertiary/aromatic N) is 4. The number of methoxy groups -OCH3 is 1. The smallest absolute Gasteiger partial charge is 0.241 e. The van der Waals surface area contributed by atoms with Crippen LogP contribution in [-0.2, 0) is 11.3 Å². The zero-order valence-corrected chi connectivity index (χ0v) is 17.2. The van der Waals surface area contributed by atoms with Crippen molar-refractivity contribution in [3.05, 3.63) is 30.2 Å². The van der Waals surface area contributed by atoms with Crippen LogP contribution in [0.2, 0.25) is 0 Å². The molecule has 1 aromatic carbocycles. The van der Waals surface area contributed by atoms with Crippen LogP contribution in [0.4, 0.5) is 0 Å². The number of amides is 1. The molecule has 0 N–H and O–H groups in total. The summed E-state index contributed by atoms with van der Waals surface area (Å²) in [7, 11) is 1.64. The third kappa shape index (κ3) is 4.96. The molecule has 4 rings (SSSR count). The third-order valence-corrected chi connectivity index (χ3v) is 6.01. The lowest BCUT2D eigenvalue weighted by Gasteiger charge is -2.33. The van der Waals surface area contributed by atoms with Gasteiger partial charge in [-0.2, -0.15) is 4.98 Å². The Morgan fingerprint density at radius 2 is 1.90 bits per heavy atom. The Bertz CT molecular complexity index is 806. The third-order valence-electron chi connectivity index (χ3n) is 6.01. The molecule has 0 bridgehead atoms. The van der Waals surface area contributed by atoms with Crippen molar-refractivity contribution in [3.63, 3.8) is 0 Å². The first-order valence-corrected chi connectivity index (χ1v) is 10.7. The Labute approximate surface area is 172 Å². The van der Waals surface area contributed by atoms with Gasteiger partial charge in [-0.15, -0.1) is 0 Å². The molecule has 156 valence electrons. The molecule has 7 heteroatoms. The van der Waals surface area contributed by atoms with E-state index in [2.05, 4.69) is 19.9 Å². The number of rotatable bonds is 5. The maximum absolute atomic E-state index is 12.8. The number of hydrogen-bond acceptors (Lipinski definition) is 6. The van der Waals surface area contributed by atoms with Crippen LogP contribution < -0.4 is 4.74 Å². The second-order valence-electron chi connectivity index (χ2n) is 8.03. The number of carbonyl (C=O) groups excluding carboxylic acids is 1. The SMILES string of the molecule is COc1cccc(-c2noc(CN3CCC(C(=O)N4CCCCCC4)CC3)n2)c1. The Hall–Kier alpha value is -2.41. The van der Waals surface area contributed by atoms with Gasteiger partial charge in [0.1, 0.15) is 5.75 Å². The molecule has 2 saturated heterocycles. The Morgan fingerprint density at radius 1 is 1.14 bits per heavy atom. The molecule has 2 aliphatic heterocycles. The van der Waals surface area contributed by atoms with Crippen molar-refractivity contribution < 1.29 is 14.1 Å². The normalized spacial score (nSPS) is 19.1. The molecule has 2 aromatic rings. The van der Waals surface area contributed by atoms with E-state index in [1.165, 1.54) is 12.8 Å². The number of carbonyl (C=O) groups is 1. The highest BCUT2D eigenvalue weighted by molar-refractivity contribution is 5.79. The van der Waals surface area contributed by atoms with E-state index in [1.54, 1.807) is 7.11 Å². The molecule has 2 aliphatic rings. The highest BCUT2D eigenvalue weighted by Crippen LogP contribution is 2.24. The van der Waals surface area contributed by atoms with Crippen LogP contribution in [0.25, 0.3) is 11.4 Å². The number of hydrogen-bond donors (Lipinski definition) is 0. The second kappa shape index (κ2) is 9.39. The molecule has 0 unspecified atom stereocenters. The number of ether oxygens (including phenoxy) is 1. The first-order chi connectivity index (χ1) is 14.2. The van der Waals surface area contributed by atoms with Gasteiger partial charge in [-0.3, -0.25) is 9.69 Å². The van der Waals surface area contributed by atoms with Gasteiger partial charge in [-0.05, 0) is 50.9 Å². The van der Waals surface area contributed by atoms with Gasteiger partial charge in [-0.25, -0.2) is 0 Å². The lowest BCUT2D eigenvalue weighted by Crippen LogP contribution is -2.42. The summed E-state index contributed by atoms with van der Waals surface area (Å²) in [4.78, 5) is 21.8. The number of benzene rings is 1. The van der Waals surface area contributed by atoms with Crippen LogP contribution in [-0.4, -0.2) is 59.1 Å². The van der Waals surface area contributed by atoms with Crippen LogP contribution in [0.3, 0.4) is 0 Å². The predicted molar refractivity (Wildman–Crippen MR) is 109 cm³/mol. The molecule has 3 heterocycles. The summed E-state index contributed by atoms with van der Waals surface area (Å²) in [5.41, 5.74) is 0.876. The van der Waals surface area contributed by atoms with E-state index in [4.69, 9.17) is 9.26 Å². The molecule has 0 saturated carbocycles. The Balaban J connectivity index is 1.29. The van der Waals surface area contributed by atoms with Crippen molar-refractivity contribution in [2.24, 2.45) is 5.92 Å². The molecule has 29 heavy (non-hydrogen) atoms. The summed E-state index contributed by atoms with van der Waals surface area (Å²) >= 11 is 0. The van der Waals surface area contributed by atoms with Gasteiger partial charge in [0.25, 0.3) is 0 Å². The van der Waals surface area contributed by atoms with Crippen molar-refractivity contribution in [3.8, 4) is 17.1 Å². The van der Waals surface area contributed by atoms with Gasteiger partial charge in [0.15, 0.2) is 0 Å². The van der Waals surface area contributed by atoms with E-state index in [0.29, 0.717) is 24.2 Å². The Morgan fingerprint density at radius 3 is 2.62 bits per heavy atom. The minimum atomic E-state index is 0.166. The van der Waals surface area contributed by atoms with E-state index < -0.39 is 0 Å². The van der Waals surface area contributed by atoms with Gasteiger partial charge < -0.3 is 14.2 Å². The van der Waals surface area contributed by atoms with E-state index in [9.17, 15) is 4.79 Å². The highest BCUT2D eigenvalue weighted by atomic mass is 16.5. The average molecular weight is 399 g/mol. The van der Waals surface area contributed by atoms with Crippen molar-refractivity contribution in [1.29, 1.82) is 0 Å². The molecule has 1 amide bonds. The molecule has 0 aliphatic carbocycles. The zero-order valence-electron chi connectivity index (χ0n) is 17.2. The van der Waals surface area contributed by atoms with Gasteiger partial charge in [0, 0.05) is 24.6 Å². The summed E-state index contributed by atoms with van der Waals surface area (Å²) in [5.74, 6) is 2.49. The molecule has 0 spiro atoms. The zero-order chi connectivity index (χ0) is 20.1. The minimum Gasteiger partial charge on any atom is -0.497 e. The lowest BCUT2D eigenvalue weighted by atomic mass is 9.95. The fourth-order valence-corrected chi connectivity index (χ4v) is 4.28. The summed E-state index contributed by atoms with van der Waals surface area (Å²) in [5, 5.41) is 4.11. The molecular formula is C22H30N4O3. The fraction of sp³-hybridized carbons (Fsp3) is 0.591. The van der Waals surface area contributed by atoms with E-state index in [-0.39, 0.29) is 5.92 Å². The number of aromatic nitrogens is 2. The molecule has 0 atom stereocenters. The summed E-state index contributed by atoms with van der Waals surface area (Å²) in [6.07, 6.45) is 6.63. The number of likely N-dealkylation sites (tertiary alicyclic amines) is 2. The molecule has 7 nitrogen and oxygen atoms in total. The minimum absolute atomic E-state index is 0.166. The van der Waals surface area contributed by atoms with Gasteiger partial charge in [0.05, 0.1) is 13.7 Å². The first-order valence-electron chi connectivity index (χ1n) is 10.7. The van der Waals surface area contributed by atoms with E-state index in [0.717, 1.165) is 63.2 Å². The van der Waals surface area contributed by atoms with E-state index >= 15 is 0 Å². The monoisotopic (exact) mass is 398 g/mol. The summed E-state index contributed by atoms with van der Waals surface area (Å²) < 4.78 is 10.7. The maximum atomic E-state index is 12.8. The van der Waals surface area contributed by atoms with Crippen LogP contribution in [0, 0.1) is 5.92 Å². The largest absolute Gasteiger partial charge is 0.497 e. The van der Waals surface area contributed by atoms with Crippen LogP contribution >= 0.6 is 0 Å². The lowest BCUT2D eigenvalue weighted by molar-refractivity contribution is -0.137. The average Bonchev–Trinajstić information content (AvgIpc) is 3.06. The van der Waals surface area contributed by atoms with E-state index in [1.807, 2.05) is 24.3 Å². The van der Waals surface area contributed by atoms with Crippen LogP contribution in [0.1, 0.15) is 44.4 Å². The van der Waals surface area contributed by atoms with Gasteiger partial charge >= 0.3 is 0 Å². The van der Waals surface area contributed by atoms with Crippen molar-refractivity contribution in [1.82, 2.24) is 19.9 Å². The first kappa shape index (κ1) is 19.9. The standard InChI is InChI=1S/C22H30N4O3/c1-28-19-8-6-7-18(15-19)21-23-20(29-24-21)16-25-13-9-17(10-14-25)22(27)26-11-4-2-3-5-12-26/h6-8,15,17H,2-5,9-14,16H2,1H3. The van der Waals surface area contributed by atoms with Crippen LogP contribution in [0.5, 0.6) is 5.75 Å². The number of piperidine rings is 1. The highest BCUT2D eigenvalue weighted by Gasteiger charge is 2.29. The molecule has 0 radical (unpaired) electrons. The second-order valence-corrected chi connectivity index (χ2v) is 8.03. The molecule has 2 fully saturated rings. The van der Waals surface area contributed by atoms with Crippen LogP contribution in [0.15, 0.2) is 28.8 Å². The maximum Gasteiger partial charge on any atom is 0.241 e.